The molecule has 9 nitrogen and oxygen atoms in total. The van der Waals surface area contributed by atoms with Gasteiger partial charge in [0, 0.05) is 35.3 Å². The highest BCUT2D eigenvalue weighted by molar-refractivity contribution is 6.11. The van der Waals surface area contributed by atoms with Crippen molar-refractivity contribution in [2.45, 2.75) is 0 Å². The monoisotopic (exact) mass is 518 g/mol. The molecule has 3 aromatic carbocycles. The predicted molar refractivity (Wildman–Crippen MR) is 148 cm³/mol. The molecule has 0 bridgehead atoms. The molecule has 1 heterocycles. The van der Waals surface area contributed by atoms with Crippen molar-refractivity contribution in [3.05, 3.63) is 148 Å². The SMILES string of the molecule is O=C(Nc1ccc(C(=O)/C=C/c2ccccc2[N+](=O)[O-])cc1)/C(=C/c1cccnc1)NC(=O)c1ccccc1. The van der Waals surface area contributed by atoms with Crippen LogP contribution >= 0.6 is 0 Å². The first-order chi connectivity index (χ1) is 18.9. The third-order valence-corrected chi connectivity index (χ3v) is 5.50. The number of amides is 2. The van der Waals surface area contributed by atoms with Gasteiger partial charge in [-0.25, -0.2) is 0 Å². The van der Waals surface area contributed by atoms with Crippen LogP contribution in [0.4, 0.5) is 11.4 Å². The molecule has 9 heteroatoms. The third-order valence-electron chi connectivity index (χ3n) is 5.50. The van der Waals surface area contributed by atoms with E-state index in [-0.39, 0.29) is 17.2 Å². The Bertz CT molecular complexity index is 1560. The molecule has 192 valence electrons. The number of benzene rings is 3. The molecule has 0 fully saturated rings. The Morgan fingerprint density at radius 3 is 2.23 bits per heavy atom. The highest BCUT2D eigenvalue weighted by Gasteiger charge is 2.16. The van der Waals surface area contributed by atoms with Crippen LogP contribution in [-0.4, -0.2) is 27.5 Å². The number of nitrogens with one attached hydrogen (secondary N) is 2. The van der Waals surface area contributed by atoms with E-state index in [1.165, 1.54) is 36.4 Å². The van der Waals surface area contributed by atoms with Gasteiger partial charge < -0.3 is 10.6 Å². The number of anilines is 1. The van der Waals surface area contributed by atoms with E-state index in [0.29, 0.717) is 27.9 Å². The van der Waals surface area contributed by atoms with Crippen LogP contribution in [0.3, 0.4) is 0 Å². The number of nitrogens with zero attached hydrogens (tertiary/aromatic N) is 2. The summed E-state index contributed by atoms with van der Waals surface area (Å²) in [5, 5.41) is 16.5. The number of pyridine rings is 1. The summed E-state index contributed by atoms with van der Waals surface area (Å²) in [5.41, 5.74) is 1.93. The van der Waals surface area contributed by atoms with Gasteiger partial charge in [0.15, 0.2) is 5.78 Å². The van der Waals surface area contributed by atoms with Crippen molar-refractivity contribution >= 4 is 41.1 Å². The Balaban J connectivity index is 1.48. The zero-order valence-electron chi connectivity index (χ0n) is 20.5. The quantitative estimate of drug-likeness (QED) is 0.134. The van der Waals surface area contributed by atoms with Gasteiger partial charge in [0.2, 0.25) is 0 Å². The van der Waals surface area contributed by atoms with E-state index in [1.54, 1.807) is 85.2 Å². The van der Waals surface area contributed by atoms with E-state index in [2.05, 4.69) is 15.6 Å². The van der Waals surface area contributed by atoms with Crippen molar-refractivity contribution in [2.75, 3.05) is 5.32 Å². The zero-order chi connectivity index (χ0) is 27.6. The fourth-order valence-electron chi connectivity index (χ4n) is 3.54. The van der Waals surface area contributed by atoms with Crippen molar-refractivity contribution < 1.29 is 19.3 Å². The van der Waals surface area contributed by atoms with Gasteiger partial charge in [-0.1, -0.05) is 36.4 Å². The van der Waals surface area contributed by atoms with Crippen LogP contribution < -0.4 is 10.6 Å². The number of hydrogen-bond acceptors (Lipinski definition) is 6. The lowest BCUT2D eigenvalue weighted by molar-refractivity contribution is -0.385. The summed E-state index contributed by atoms with van der Waals surface area (Å²) < 4.78 is 0. The standard InChI is InChI=1S/C30H22N4O5/c35-28(17-14-22-8-4-5-11-27(22)34(38)39)23-12-15-25(16-13-23)32-30(37)26(19-21-7-6-18-31-20-21)33-29(36)24-9-2-1-3-10-24/h1-20H,(H,32,37)(H,33,36)/b17-14+,26-19-. The van der Waals surface area contributed by atoms with Crippen LogP contribution in [0.15, 0.2) is 115 Å². The summed E-state index contributed by atoms with van der Waals surface area (Å²) in [6.45, 7) is 0. The highest BCUT2D eigenvalue weighted by atomic mass is 16.6. The summed E-state index contributed by atoms with van der Waals surface area (Å²) in [4.78, 5) is 53.1. The Morgan fingerprint density at radius 2 is 1.54 bits per heavy atom. The number of hydrogen-bond donors (Lipinski definition) is 2. The first-order valence-electron chi connectivity index (χ1n) is 11.8. The van der Waals surface area contributed by atoms with Crippen LogP contribution in [0.5, 0.6) is 0 Å². The van der Waals surface area contributed by atoms with Crippen LogP contribution in [-0.2, 0) is 4.79 Å². The molecule has 0 radical (unpaired) electrons. The topological polar surface area (TPSA) is 131 Å². The number of rotatable bonds is 9. The largest absolute Gasteiger partial charge is 0.321 e. The molecular weight excluding hydrogens is 496 g/mol. The lowest BCUT2D eigenvalue weighted by Gasteiger charge is -2.11. The number of allylic oxidation sites excluding steroid dienone is 1. The maximum absolute atomic E-state index is 13.1. The first kappa shape index (κ1) is 26.4. The van der Waals surface area contributed by atoms with E-state index in [0.717, 1.165) is 0 Å². The van der Waals surface area contributed by atoms with Gasteiger partial charge in [-0.2, -0.15) is 0 Å². The molecule has 0 aliphatic heterocycles. The maximum Gasteiger partial charge on any atom is 0.276 e. The van der Waals surface area contributed by atoms with Crippen LogP contribution in [0.1, 0.15) is 31.8 Å². The molecule has 0 atom stereocenters. The van der Waals surface area contributed by atoms with Crippen molar-refractivity contribution in [3.63, 3.8) is 0 Å². The van der Waals surface area contributed by atoms with Gasteiger partial charge >= 0.3 is 0 Å². The average Bonchev–Trinajstić information content (AvgIpc) is 2.97. The van der Waals surface area contributed by atoms with Crippen LogP contribution in [0.25, 0.3) is 12.2 Å². The van der Waals surface area contributed by atoms with Gasteiger partial charge in [0.25, 0.3) is 17.5 Å². The molecule has 2 N–H and O–H groups in total. The van der Waals surface area contributed by atoms with Gasteiger partial charge in [0.1, 0.15) is 5.70 Å². The molecule has 0 aliphatic rings. The van der Waals surface area contributed by atoms with Gasteiger partial charge in [-0.05, 0) is 72.3 Å². The molecule has 0 saturated carbocycles. The minimum absolute atomic E-state index is 0.00407. The number of nitro groups is 1. The van der Waals surface area contributed by atoms with Crippen molar-refractivity contribution in [1.82, 2.24) is 10.3 Å². The molecule has 39 heavy (non-hydrogen) atoms. The molecule has 4 rings (SSSR count). The van der Waals surface area contributed by atoms with Gasteiger partial charge in [-0.3, -0.25) is 29.5 Å². The molecule has 2 amide bonds. The van der Waals surface area contributed by atoms with E-state index < -0.39 is 16.7 Å². The summed E-state index contributed by atoms with van der Waals surface area (Å²) in [5.74, 6) is -1.39. The Hall–Kier alpha value is -5.70. The minimum atomic E-state index is -0.571. The molecule has 0 spiro atoms. The Labute approximate surface area is 223 Å². The second-order valence-corrected chi connectivity index (χ2v) is 8.21. The summed E-state index contributed by atoms with van der Waals surface area (Å²) in [6, 6.07) is 24.2. The molecule has 0 saturated heterocycles. The second-order valence-electron chi connectivity index (χ2n) is 8.21. The summed E-state index contributed by atoms with van der Waals surface area (Å²) in [6.07, 6.45) is 7.30. The van der Waals surface area contributed by atoms with E-state index in [4.69, 9.17) is 0 Å². The fourth-order valence-corrected chi connectivity index (χ4v) is 3.54. The number of ketones is 1. The number of aromatic nitrogens is 1. The Morgan fingerprint density at radius 1 is 0.821 bits per heavy atom. The van der Waals surface area contributed by atoms with Crippen molar-refractivity contribution in [2.24, 2.45) is 0 Å². The second kappa shape index (κ2) is 12.5. The number of para-hydroxylation sites is 1. The first-order valence-corrected chi connectivity index (χ1v) is 11.8. The lowest BCUT2D eigenvalue weighted by Crippen LogP contribution is -2.30. The van der Waals surface area contributed by atoms with Crippen LogP contribution in [0, 0.1) is 10.1 Å². The zero-order valence-corrected chi connectivity index (χ0v) is 20.5. The van der Waals surface area contributed by atoms with Gasteiger partial charge in [-0.15, -0.1) is 0 Å². The summed E-state index contributed by atoms with van der Waals surface area (Å²) >= 11 is 0. The van der Waals surface area contributed by atoms with E-state index in [1.807, 2.05) is 0 Å². The van der Waals surface area contributed by atoms with E-state index in [9.17, 15) is 24.5 Å². The molecule has 1 aromatic heterocycles. The molecule has 4 aromatic rings. The number of carbonyl (C=O) groups excluding carboxylic acids is 3. The fraction of sp³-hybridized carbons (Fsp3) is 0. The minimum Gasteiger partial charge on any atom is -0.321 e. The number of carbonyl (C=O) groups is 3. The van der Waals surface area contributed by atoms with Crippen molar-refractivity contribution in [3.8, 4) is 0 Å². The van der Waals surface area contributed by atoms with E-state index >= 15 is 0 Å². The average molecular weight is 519 g/mol. The number of nitro benzene ring substituents is 1. The summed E-state index contributed by atoms with van der Waals surface area (Å²) in [7, 11) is 0. The molecule has 0 unspecified atom stereocenters. The molecule has 0 aliphatic carbocycles. The highest BCUT2D eigenvalue weighted by Crippen LogP contribution is 2.20. The van der Waals surface area contributed by atoms with Crippen molar-refractivity contribution in [1.29, 1.82) is 0 Å². The van der Waals surface area contributed by atoms with Crippen LogP contribution in [0.2, 0.25) is 0 Å². The maximum atomic E-state index is 13.1. The lowest BCUT2D eigenvalue weighted by atomic mass is 10.1. The smallest absolute Gasteiger partial charge is 0.276 e. The third kappa shape index (κ3) is 7.17. The van der Waals surface area contributed by atoms with Gasteiger partial charge in [0.05, 0.1) is 10.5 Å². The predicted octanol–water partition coefficient (Wildman–Crippen LogP) is 5.30. The Kier molecular flexibility index (Phi) is 8.46. The molecular formula is C30H22N4O5. The normalized spacial score (nSPS) is 11.1.